The fraction of sp³-hybridized carbons (Fsp3) is 0.556. The lowest BCUT2D eigenvalue weighted by atomic mass is 9.91. The van der Waals surface area contributed by atoms with E-state index in [1.807, 2.05) is 32.0 Å². The summed E-state index contributed by atoms with van der Waals surface area (Å²) < 4.78 is 0. The Labute approximate surface area is 149 Å². The highest BCUT2D eigenvalue weighted by atomic mass is 35.5. The van der Waals surface area contributed by atoms with Crippen molar-refractivity contribution >= 4 is 23.4 Å². The van der Waals surface area contributed by atoms with Crippen molar-refractivity contribution in [1.82, 2.24) is 15.1 Å². The van der Waals surface area contributed by atoms with Gasteiger partial charge in [-0.25, -0.2) is 0 Å². The third-order valence-corrected chi connectivity index (χ3v) is 4.86. The average Bonchev–Trinajstić information content (AvgIpc) is 2.99. The number of benzene rings is 1. The third-order valence-electron chi connectivity index (χ3n) is 4.63. The van der Waals surface area contributed by atoms with E-state index in [2.05, 4.69) is 22.3 Å². The second-order valence-corrected chi connectivity index (χ2v) is 6.16. The Morgan fingerprint density at radius 2 is 1.96 bits per heavy atom. The van der Waals surface area contributed by atoms with E-state index in [4.69, 9.17) is 11.6 Å². The van der Waals surface area contributed by atoms with Crippen LogP contribution in [0.25, 0.3) is 0 Å². The lowest BCUT2D eigenvalue weighted by molar-refractivity contribution is -0.142. The molecule has 1 spiro atoms. The predicted octanol–water partition coefficient (Wildman–Crippen LogP) is 1.85. The topological polar surface area (TPSA) is 52.7 Å². The van der Waals surface area contributed by atoms with Gasteiger partial charge in [-0.2, -0.15) is 0 Å². The lowest BCUT2D eigenvalue weighted by Gasteiger charge is -2.47. The fourth-order valence-electron chi connectivity index (χ4n) is 3.40. The minimum Gasteiger partial charge on any atom is -0.354 e. The van der Waals surface area contributed by atoms with Crippen molar-refractivity contribution in [1.29, 1.82) is 0 Å². The van der Waals surface area contributed by atoms with Crippen LogP contribution in [0.15, 0.2) is 30.3 Å². The summed E-state index contributed by atoms with van der Waals surface area (Å²) in [6, 6.07) is 10.1. The van der Waals surface area contributed by atoms with Crippen LogP contribution in [0.4, 0.5) is 0 Å². The van der Waals surface area contributed by atoms with Gasteiger partial charge in [0.25, 0.3) is 0 Å². The molecule has 1 N–H and O–H groups in total. The molecule has 2 amide bonds. The summed E-state index contributed by atoms with van der Waals surface area (Å²) in [5.74, 6) is -0.105. The zero-order valence-electron chi connectivity index (χ0n) is 14.4. The van der Waals surface area contributed by atoms with Gasteiger partial charge < -0.3 is 10.2 Å². The standard InChI is InChI=1S/C16H20ClN3O2.C2H6/c17-10-14(21)19-8-9-20(11-13-4-2-1-3-5-13)16(12-19)6-7-18-15(16)22;1-2/h1-5H,6-12H2,(H,18,22);1-2H3. The summed E-state index contributed by atoms with van der Waals surface area (Å²) in [5, 5.41) is 2.92. The molecule has 1 atom stereocenters. The van der Waals surface area contributed by atoms with Gasteiger partial charge in [0.1, 0.15) is 11.4 Å². The first-order valence-electron chi connectivity index (χ1n) is 8.57. The number of nitrogens with zero attached hydrogens (tertiary/aromatic N) is 2. The first-order chi connectivity index (χ1) is 11.7. The normalized spacial score (nSPS) is 23.6. The molecule has 132 valence electrons. The first kappa shape index (κ1) is 18.7. The Morgan fingerprint density at radius 1 is 1.25 bits per heavy atom. The quantitative estimate of drug-likeness (QED) is 0.846. The molecule has 5 nitrogen and oxygen atoms in total. The van der Waals surface area contributed by atoms with Crippen molar-refractivity contribution in [3.05, 3.63) is 35.9 Å². The molecule has 2 saturated heterocycles. The van der Waals surface area contributed by atoms with E-state index in [0.29, 0.717) is 26.2 Å². The van der Waals surface area contributed by atoms with E-state index in [0.717, 1.165) is 13.0 Å². The molecule has 2 aliphatic heterocycles. The number of carbonyl (C=O) groups excluding carboxylic acids is 2. The molecule has 0 aliphatic carbocycles. The molecule has 2 aliphatic rings. The summed E-state index contributed by atoms with van der Waals surface area (Å²) in [6.07, 6.45) is 0.727. The average molecular weight is 352 g/mol. The van der Waals surface area contributed by atoms with Crippen LogP contribution in [0.1, 0.15) is 25.8 Å². The number of rotatable bonds is 3. The van der Waals surface area contributed by atoms with Crippen molar-refractivity contribution in [3.63, 3.8) is 0 Å². The lowest BCUT2D eigenvalue weighted by Crippen LogP contribution is -2.66. The van der Waals surface area contributed by atoms with Crippen LogP contribution in [0, 0.1) is 0 Å². The van der Waals surface area contributed by atoms with Gasteiger partial charge in [-0.05, 0) is 12.0 Å². The maximum atomic E-state index is 12.5. The number of hydrogen-bond acceptors (Lipinski definition) is 3. The van der Waals surface area contributed by atoms with E-state index in [1.165, 1.54) is 5.56 Å². The molecule has 0 aromatic heterocycles. The molecule has 0 bridgehead atoms. The minimum absolute atomic E-state index is 0.0236. The van der Waals surface area contributed by atoms with Crippen LogP contribution >= 0.6 is 11.6 Å². The van der Waals surface area contributed by atoms with Gasteiger partial charge in [-0.1, -0.05) is 44.2 Å². The first-order valence-corrected chi connectivity index (χ1v) is 9.10. The maximum absolute atomic E-state index is 12.5. The van der Waals surface area contributed by atoms with Crippen LogP contribution in [0.2, 0.25) is 0 Å². The SMILES string of the molecule is CC.O=C(CCl)N1CCN(Cc2ccccc2)C2(CCNC2=O)C1. The number of amides is 2. The second-order valence-electron chi connectivity index (χ2n) is 5.89. The molecule has 0 radical (unpaired) electrons. The Kier molecular flexibility index (Phi) is 6.63. The highest BCUT2D eigenvalue weighted by molar-refractivity contribution is 6.27. The van der Waals surface area contributed by atoms with Gasteiger partial charge in [0.15, 0.2) is 0 Å². The summed E-state index contributed by atoms with van der Waals surface area (Å²) in [6.45, 7) is 7.11. The van der Waals surface area contributed by atoms with E-state index < -0.39 is 5.54 Å². The van der Waals surface area contributed by atoms with Gasteiger partial charge in [0.05, 0.1) is 0 Å². The van der Waals surface area contributed by atoms with Crippen molar-refractivity contribution in [2.75, 3.05) is 32.1 Å². The molecular weight excluding hydrogens is 326 g/mol. The molecule has 6 heteroatoms. The molecule has 2 heterocycles. The van der Waals surface area contributed by atoms with Crippen molar-refractivity contribution in [2.24, 2.45) is 0 Å². The van der Waals surface area contributed by atoms with E-state index in [-0.39, 0.29) is 17.7 Å². The van der Waals surface area contributed by atoms with Crippen molar-refractivity contribution < 1.29 is 9.59 Å². The smallest absolute Gasteiger partial charge is 0.242 e. The number of carbonyl (C=O) groups is 2. The van der Waals surface area contributed by atoms with Crippen molar-refractivity contribution in [2.45, 2.75) is 32.4 Å². The highest BCUT2D eigenvalue weighted by Gasteiger charge is 2.51. The van der Waals surface area contributed by atoms with Crippen LogP contribution in [-0.4, -0.2) is 59.2 Å². The Bertz CT molecular complexity index is 567. The molecule has 1 unspecified atom stereocenters. The Balaban J connectivity index is 0.00000100. The van der Waals surface area contributed by atoms with Gasteiger partial charge in [-0.3, -0.25) is 14.5 Å². The van der Waals surface area contributed by atoms with E-state index in [1.54, 1.807) is 4.90 Å². The molecule has 1 aromatic rings. The number of nitrogens with one attached hydrogen (secondary N) is 1. The van der Waals surface area contributed by atoms with Crippen LogP contribution in [0.3, 0.4) is 0 Å². The van der Waals surface area contributed by atoms with E-state index in [9.17, 15) is 9.59 Å². The summed E-state index contributed by atoms with van der Waals surface area (Å²) in [4.78, 5) is 28.3. The summed E-state index contributed by atoms with van der Waals surface area (Å²) in [7, 11) is 0. The molecule has 24 heavy (non-hydrogen) atoms. The van der Waals surface area contributed by atoms with Crippen molar-refractivity contribution in [3.8, 4) is 0 Å². The van der Waals surface area contributed by atoms with E-state index >= 15 is 0 Å². The zero-order valence-corrected chi connectivity index (χ0v) is 15.2. The summed E-state index contributed by atoms with van der Waals surface area (Å²) in [5.41, 5.74) is 0.564. The number of hydrogen-bond donors (Lipinski definition) is 1. The van der Waals surface area contributed by atoms with Crippen LogP contribution in [-0.2, 0) is 16.1 Å². The molecule has 1 aromatic carbocycles. The molecule has 3 rings (SSSR count). The maximum Gasteiger partial charge on any atom is 0.242 e. The Hall–Kier alpha value is -1.59. The molecular formula is C18H26ClN3O2. The second kappa shape index (κ2) is 8.49. The summed E-state index contributed by atoms with van der Waals surface area (Å²) >= 11 is 5.68. The van der Waals surface area contributed by atoms with Gasteiger partial charge >= 0.3 is 0 Å². The number of alkyl halides is 1. The Morgan fingerprint density at radius 3 is 2.54 bits per heavy atom. The fourth-order valence-corrected chi connectivity index (χ4v) is 3.56. The number of halogens is 1. The monoisotopic (exact) mass is 351 g/mol. The molecule has 2 fully saturated rings. The third kappa shape index (κ3) is 3.73. The van der Waals surface area contributed by atoms with Gasteiger partial charge in [0, 0.05) is 32.7 Å². The zero-order chi connectivity index (χ0) is 17.6. The van der Waals surface area contributed by atoms with Gasteiger partial charge in [0.2, 0.25) is 11.8 Å². The number of piperazine rings is 1. The van der Waals surface area contributed by atoms with Gasteiger partial charge in [-0.15, -0.1) is 11.6 Å². The molecule has 0 saturated carbocycles. The highest BCUT2D eigenvalue weighted by Crippen LogP contribution is 2.30. The predicted molar refractivity (Wildman–Crippen MR) is 95.9 cm³/mol. The minimum atomic E-state index is -0.615. The van der Waals surface area contributed by atoms with Crippen LogP contribution < -0.4 is 5.32 Å². The van der Waals surface area contributed by atoms with Crippen LogP contribution in [0.5, 0.6) is 0 Å². The largest absolute Gasteiger partial charge is 0.354 e.